The van der Waals surface area contributed by atoms with Crippen LogP contribution in [0.3, 0.4) is 0 Å². The van der Waals surface area contributed by atoms with Gasteiger partial charge in [0, 0.05) is 19.2 Å². The van der Waals surface area contributed by atoms with Crippen LogP contribution in [0.2, 0.25) is 5.02 Å². The Kier molecular flexibility index (Phi) is 8.40. The third-order valence-corrected chi connectivity index (χ3v) is 8.33. The molecule has 5 rings (SSSR count). The van der Waals surface area contributed by atoms with Gasteiger partial charge in [0.05, 0.1) is 17.0 Å². The van der Waals surface area contributed by atoms with Crippen molar-refractivity contribution < 1.29 is 30.3 Å². The Bertz CT molecular complexity index is 1150. The van der Waals surface area contributed by atoms with Gasteiger partial charge in [0.25, 0.3) is 0 Å². The monoisotopic (exact) mass is 600 g/mol. The second-order valence-electron chi connectivity index (χ2n) is 10.7. The lowest BCUT2D eigenvalue weighted by molar-refractivity contribution is -0.290. The molecule has 37 heavy (non-hydrogen) atoms. The smallest absolute Gasteiger partial charge is 0.410 e. The Hall–Kier alpha value is -1.91. The first-order valence-corrected chi connectivity index (χ1v) is 14.2. The van der Waals surface area contributed by atoms with Crippen LogP contribution in [0.5, 0.6) is 6.01 Å². The summed E-state index contributed by atoms with van der Waals surface area (Å²) < 4.78 is 26.9. The van der Waals surface area contributed by atoms with Crippen LogP contribution in [0, 0.1) is 17.4 Å². The van der Waals surface area contributed by atoms with E-state index in [9.17, 15) is 4.79 Å². The Labute approximate surface area is 231 Å². The van der Waals surface area contributed by atoms with Crippen molar-refractivity contribution in [2.45, 2.75) is 77.5 Å². The summed E-state index contributed by atoms with van der Waals surface area (Å²) in [5.41, 5.74) is -0.380. The number of hydrogen-bond donors (Lipinski definition) is 1. The van der Waals surface area contributed by atoms with Gasteiger partial charge in [-0.1, -0.05) is 13.8 Å². The fraction of sp³-hybridized carbons (Fsp3) is 0.654. The van der Waals surface area contributed by atoms with Crippen molar-refractivity contribution in [3.8, 4) is 6.01 Å². The predicted octanol–water partition coefficient (Wildman–Crippen LogP) is 5.29. The Morgan fingerprint density at radius 2 is 1.89 bits per heavy atom. The maximum absolute atomic E-state index is 15.2. The molecule has 204 valence electrons. The molecule has 1 aromatic carbocycles. The van der Waals surface area contributed by atoms with Crippen molar-refractivity contribution in [3.05, 3.63) is 21.4 Å². The molecule has 8 nitrogen and oxygen atoms in total. The highest BCUT2D eigenvalue weighted by atomic mass is 79.9. The molecule has 3 fully saturated rings. The van der Waals surface area contributed by atoms with Crippen LogP contribution in [0.15, 0.2) is 10.5 Å². The van der Waals surface area contributed by atoms with Crippen LogP contribution < -0.4 is 10.1 Å². The van der Waals surface area contributed by atoms with E-state index in [1.54, 1.807) is 11.0 Å². The van der Waals surface area contributed by atoms with Gasteiger partial charge in [-0.05, 0) is 75.5 Å². The number of nitrogens with one attached hydrogen (secondary N) is 1. The van der Waals surface area contributed by atoms with Gasteiger partial charge in [0.2, 0.25) is 5.02 Å². The normalized spacial score (nSPS) is 19.2. The Balaban J connectivity index is 0.00000156. The van der Waals surface area contributed by atoms with Crippen LogP contribution in [-0.2, 0) is 4.74 Å². The number of rotatable bonds is 5. The quantitative estimate of drug-likeness (QED) is 0.467. The predicted molar refractivity (Wildman–Crippen MR) is 143 cm³/mol. The highest BCUT2D eigenvalue weighted by Crippen LogP contribution is 2.39. The lowest BCUT2D eigenvalue weighted by Gasteiger charge is -2.40. The molecule has 1 aromatic heterocycles. The van der Waals surface area contributed by atoms with E-state index >= 15 is 4.39 Å². The number of carbonyl (C=O) groups is 1. The number of anilines is 1. The van der Waals surface area contributed by atoms with Gasteiger partial charge in [-0.15, -0.1) is 0 Å². The van der Waals surface area contributed by atoms with Crippen LogP contribution in [0.25, 0.3) is 10.9 Å². The van der Waals surface area contributed by atoms with Crippen LogP contribution in [-0.4, -0.2) is 75.8 Å². The molecule has 2 aromatic rings. The molecule has 3 aliphatic rings. The molecule has 11 heteroatoms. The number of fused-ring (bicyclic) bond motifs is 2. The molecule has 0 atom stereocenters. The summed E-state index contributed by atoms with van der Waals surface area (Å²) in [6.07, 6.45) is 4.15. The summed E-state index contributed by atoms with van der Waals surface area (Å²) in [5.74, 6) is -0.0862. The molecule has 0 unspecified atom stereocenters. The average molecular weight is 602 g/mol. The van der Waals surface area contributed by atoms with Gasteiger partial charge in [0.15, 0.2) is 17.4 Å². The summed E-state index contributed by atoms with van der Waals surface area (Å²) in [4.78, 5) is 25.4. The minimum atomic E-state index is -0.552. The van der Waals surface area contributed by atoms with Crippen LogP contribution in [0.1, 0.15) is 60.3 Å². The maximum Gasteiger partial charge on any atom is 0.410 e. The number of carbonyl (C=O) groups excluding carboxylic acids is 1. The topological polar surface area (TPSA) is 79.8 Å². The second-order valence-corrected chi connectivity index (χ2v) is 11.9. The van der Waals surface area contributed by atoms with E-state index in [1.807, 2.05) is 34.6 Å². The zero-order chi connectivity index (χ0) is 27.0. The van der Waals surface area contributed by atoms with Crippen molar-refractivity contribution in [3.63, 3.8) is 0 Å². The number of ether oxygens (including phenoxy) is 2. The third kappa shape index (κ3) is 5.91. The number of nitrogens with zero attached hydrogens (tertiary/aromatic N) is 4. The van der Waals surface area contributed by atoms with Crippen LogP contribution in [0.4, 0.5) is 15.0 Å². The molecule has 0 radical (unpaired) electrons. The van der Waals surface area contributed by atoms with Gasteiger partial charge >= 0.3 is 12.1 Å². The second kappa shape index (κ2) is 11.1. The zero-order valence-electron chi connectivity index (χ0n) is 22.2. The summed E-state index contributed by atoms with van der Waals surface area (Å²) in [6.45, 7) is 13.1. The number of halogens is 3. The van der Waals surface area contributed by atoms with E-state index in [2.05, 4.69) is 36.1 Å². The molecule has 1 amide bonds. The molecular weight excluding hydrogens is 565 g/mol. The molecule has 3 aliphatic heterocycles. The van der Waals surface area contributed by atoms with E-state index in [0.717, 1.165) is 38.8 Å². The Morgan fingerprint density at radius 3 is 2.51 bits per heavy atom. The van der Waals surface area contributed by atoms with E-state index in [1.165, 1.54) is 0 Å². The molecule has 4 heterocycles. The number of amides is 1. The lowest BCUT2D eigenvalue weighted by Crippen LogP contribution is -2.58. The minimum absolute atomic E-state index is 0.0252. The fourth-order valence-electron chi connectivity index (χ4n) is 5.23. The number of benzene rings is 1. The molecule has 1 N–H and O–H groups in total. The summed E-state index contributed by atoms with van der Waals surface area (Å²) in [7, 11) is 0. The summed E-state index contributed by atoms with van der Waals surface area (Å²) in [5, 5.41) is 4.16. The maximum atomic E-state index is 15.2. The van der Waals surface area contributed by atoms with Crippen LogP contribution >= 0.6 is 15.9 Å². The van der Waals surface area contributed by atoms with Gasteiger partial charge in [-0.2, -0.15) is 9.97 Å². The average Bonchev–Trinajstić information content (AvgIpc) is 3.39. The molecule has 0 bridgehead atoms. The molecule has 0 spiro atoms. The number of hydrogen-bond acceptors (Lipinski definition) is 7. The molecule has 3 saturated heterocycles. The van der Waals surface area contributed by atoms with Crippen molar-refractivity contribution >= 4 is 38.7 Å². The van der Waals surface area contributed by atoms with E-state index < -0.39 is 11.4 Å². The summed E-state index contributed by atoms with van der Waals surface area (Å²) in [6, 6.07) is 1.76. The largest absolute Gasteiger partial charge is 0.461 e. The van der Waals surface area contributed by atoms with Crippen molar-refractivity contribution in [2.24, 2.45) is 0 Å². The van der Waals surface area contributed by atoms with Crippen molar-refractivity contribution in [1.82, 2.24) is 19.8 Å². The van der Waals surface area contributed by atoms with E-state index in [4.69, 9.17) is 21.1 Å². The van der Waals surface area contributed by atoms with Crippen molar-refractivity contribution in [2.75, 3.05) is 38.1 Å². The Morgan fingerprint density at radius 1 is 1.24 bits per heavy atom. The van der Waals surface area contributed by atoms with E-state index in [0.29, 0.717) is 35.9 Å². The van der Waals surface area contributed by atoms with Gasteiger partial charge in [-0.3, -0.25) is 4.90 Å². The highest BCUT2D eigenvalue weighted by molar-refractivity contribution is 9.10. The first-order chi connectivity index (χ1) is 17.5. The van der Waals surface area contributed by atoms with E-state index in [-0.39, 0.29) is 33.7 Å². The molecular formula is C26H37BrClFN5O3+. The SMILES string of the molecule is CC.CC(C)(C)OC(=O)N1CC(Nc2nc(OCC34CCCN3CCC4)nc3c(F)c(Br)c([ClH+])cc23)C1. The fourth-order valence-corrected chi connectivity index (χ4v) is 5.74. The lowest BCUT2D eigenvalue weighted by atomic mass is 9.95. The minimum Gasteiger partial charge on any atom is -0.461 e. The molecule has 0 saturated carbocycles. The number of likely N-dealkylation sites (tertiary alicyclic amines) is 1. The van der Waals surface area contributed by atoms with Gasteiger partial charge in [0.1, 0.15) is 28.0 Å². The third-order valence-electron chi connectivity index (χ3n) is 6.97. The van der Waals surface area contributed by atoms with Gasteiger partial charge < -0.3 is 19.7 Å². The summed E-state index contributed by atoms with van der Waals surface area (Å²) >= 11 is 8.55. The number of aromatic nitrogens is 2. The first kappa shape index (κ1) is 28.1. The highest BCUT2D eigenvalue weighted by Gasteiger charge is 2.45. The first-order valence-electron chi connectivity index (χ1n) is 13.0. The standard InChI is InChI=1S/C24H31BrClFN5O3.C2H6/c1-23(2,3)35-22(33)31-11-14(12-31)28-20-15-10-16(26)17(25)18(27)19(15)29-21(30-20)34-13-24-6-4-8-32(24)9-5-7-24;1-2/h10,14,26H,4-9,11-13H2,1-3H3,(H,28,29,30);1-2H3/q+1;. The van der Waals surface area contributed by atoms with Crippen molar-refractivity contribution in [1.29, 1.82) is 0 Å². The molecule has 0 aliphatic carbocycles. The van der Waals surface area contributed by atoms with Gasteiger partial charge in [-0.25, -0.2) is 9.18 Å². The zero-order valence-corrected chi connectivity index (χ0v) is 24.6.